The molecule has 0 spiro atoms. The molecule has 1 nitrogen and oxygen atoms in total. The lowest BCUT2D eigenvalue weighted by atomic mass is 9.84. The largest absolute Gasteiger partial charge is 0.311 e. The molecule has 0 saturated carbocycles. The normalized spacial score (nSPS) is 32.7. The molecule has 2 atom stereocenters. The average Bonchev–Trinajstić information content (AvgIpc) is 2.69. The van der Waals surface area contributed by atoms with E-state index in [1.165, 1.54) is 0 Å². The van der Waals surface area contributed by atoms with Crippen molar-refractivity contribution >= 4 is 0 Å². The number of rotatable bonds is 2. The molecule has 2 aliphatic heterocycles. The van der Waals surface area contributed by atoms with Crippen LogP contribution in [0.5, 0.6) is 0 Å². The van der Waals surface area contributed by atoms with Gasteiger partial charge in [-0.25, -0.2) is 8.78 Å². The fourth-order valence-electron chi connectivity index (χ4n) is 3.25. The van der Waals surface area contributed by atoms with Crippen LogP contribution in [0.25, 0.3) is 0 Å². The van der Waals surface area contributed by atoms with Crippen molar-refractivity contribution in [1.29, 1.82) is 0 Å². The molecular weight excluding hydrogens is 220 g/mol. The van der Waals surface area contributed by atoms with Crippen molar-refractivity contribution in [2.45, 2.75) is 43.7 Å². The first-order chi connectivity index (χ1) is 8.16. The lowest BCUT2D eigenvalue weighted by Crippen LogP contribution is -2.43. The minimum atomic E-state index is -2.68. The van der Waals surface area contributed by atoms with Gasteiger partial charge >= 0.3 is 0 Å². The van der Waals surface area contributed by atoms with Crippen molar-refractivity contribution in [3.8, 4) is 0 Å². The summed E-state index contributed by atoms with van der Waals surface area (Å²) in [6, 6.07) is 8.89. The fourth-order valence-corrected chi connectivity index (χ4v) is 3.25. The van der Waals surface area contributed by atoms with Crippen LogP contribution in [0.1, 0.15) is 31.2 Å². The highest BCUT2D eigenvalue weighted by Gasteiger charge is 2.47. The Morgan fingerprint density at radius 1 is 1.00 bits per heavy atom. The van der Waals surface area contributed by atoms with Crippen LogP contribution in [-0.2, 0) is 5.92 Å². The van der Waals surface area contributed by atoms with E-state index in [0.29, 0.717) is 24.9 Å². The van der Waals surface area contributed by atoms with Gasteiger partial charge in [0.15, 0.2) is 0 Å². The maximum atomic E-state index is 14.4. The molecule has 2 aliphatic rings. The third kappa shape index (κ3) is 1.97. The molecule has 2 fully saturated rings. The number of hydrogen-bond donors (Lipinski definition) is 1. The van der Waals surface area contributed by atoms with Gasteiger partial charge in [0, 0.05) is 23.6 Å². The highest BCUT2D eigenvalue weighted by atomic mass is 19.3. The highest BCUT2D eigenvalue weighted by molar-refractivity contribution is 5.21. The topological polar surface area (TPSA) is 12.0 Å². The van der Waals surface area contributed by atoms with E-state index < -0.39 is 11.8 Å². The maximum Gasteiger partial charge on any atom is 0.276 e. The summed E-state index contributed by atoms with van der Waals surface area (Å²) in [5, 5.41) is 3.41. The summed E-state index contributed by atoms with van der Waals surface area (Å²) in [6.45, 7) is 0. The molecule has 3 heteroatoms. The van der Waals surface area contributed by atoms with Crippen LogP contribution < -0.4 is 5.32 Å². The predicted octanol–water partition coefficient (Wildman–Crippen LogP) is 3.31. The Kier molecular flexibility index (Phi) is 2.66. The average molecular weight is 237 g/mol. The molecule has 0 radical (unpaired) electrons. The summed E-state index contributed by atoms with van der Waals surface area (Å²) < 4.78 is 28.8. The summed E-state index contributed by atoms with van der Waals surface area (Å²) >= 11 is 0. The molecule has 2 unspecified atom stereocenters. The molecule has 0 aliphatic carbocycles. The van der Waals surface area contributed by atoms with E-state index in [-0.39, 0.29) is 5.56 Å². The molecule has 2 saturated heterocycles. The van der Waals surface area contributed by atoms with E-state index in [4.69, 9.17) is 0 Å². The van der Waals surface area contributed by atoms with Crippen LogP contribution in [0.2, 0.25) is 0 Å². The summed E-state index contributed by atoms with van der Waals surface area (Å²) in [4.78, 5) is 0. The Bertz CT molecular complexity index is 378. The second-order valence-electron chi connectivity index (χ2n) is 5.30. The number of piperidine rings is 1. The number of fused-ring (bicyclic) bond motifs is 2. The quantitative estimate of drug-likeness (QED) is 0.832. The third-order valence-electron chi connectivity index (χ3n) is 4.14. The van der Waals surface area contributed by atoms with Crippen molar-refractivity contribution in [1.82, 2.24) is 5.32 Å². The van der Waals surface area contributed by atoms with Gasteiger partial charge in [-0.05, 0) is 25.7 Å². The van der Waals surface area contributed by atoms with E-state index in [1.807, 2.05) is 0 Å². The van der Waals surface area contributed by atoms with E-state index in [9.17, 15) is 8.78 Å². The predicted molar refractivity (Wildman–Crippen MR) is 63.0 cm³/mol. The Morgan fingerprint density at radius 2 is 1.59 bits per heavy atom. The van der Waals surface area contributed by atoms with Gasteiger partial charge in [-0.2, -0.15) is 0 Å². The smallest absolute Gasteiger partial charge is 0.276 e. The lowest BCUT2D eigenvalue weighted by molar-refractivity contribution is -0.0814. The summed E-state index contributed by atoms with van der Waals surface area (Å²) in [6.07, 6.45) is 3.34. The molecule has 2 heterocycles. The van der Waals surface area contributed by atoms with Crippen molar-refractivity contribution in [3.05, 3.63) is 35.9 Å². The van der Waals surface area contributed by atoms with E-state index >= 15 is 0 Å². The zero-order valence-corrected chi connectivity index (χ0v) is 9.70. The number of benzene rings is 1. The minimum Gasteiger partial charge on any atom is -0.311 e. The van der Waals surface area contributed by atoms with Crippen LogP contribution in [0.15, 0.2) is 30.3 Å². The monoisotopic (exact) mass is 237 g/mol. The SMILES string of the molecule is FC(F)(c1ccccc1)C1CC2CCC(C1)N2. The minimum absolute atomic E-state index is 0.173. The van der Waals surface area contributed by atoms with Gasteiger partial charge in [-0.3, -0.25) is 0 Å². The Balaban J connectivity index is 1.83. The zero-order chi connectivity index (χ0) is 11.9. The fraction of sp³-hybridized carbons (Fsp3) is 0.571. The standard InChI is InChI=1S/C14H17F2N/c15-14(16,10-4-2-1-3-5-10)11-8-12-6-7-13(9-11)17-12/h1-5,11-13,17H,6-9H2. The molecule has 0 aromatic heterocycles. The summed E-state index contributed by atoms with van der Waals surface area (Å²) in [5.74, 6) is -3.17. The van der Waals surface area contributed by atoms with Crippen LogP contribution in [0, 0.1) is 5.92 Å². The van der Waals surface area contributed by atoms with Crippen molar-refractivity contribution in [2.24, 2.45) is 5.92 Å². The Hall–Kier alpha value is -0.960. The molecule has 0 amide bonds. The molecule has 3 rings (SSSR count). The van der Waals surface area contributed by atoms with Crippen molar-refractivity contribution in [2.75, 3.05) is 0 Å². The molecule has 2 bridgehead atoms. The van der Waals surface area contributed by atoms with Crippen LogP contribution in [0.4, 0.5) is 8.78 Å². The Labute approximate surface area is 100 Å². The van der Waals surface area contributed by atoms with Gasteiger partial charge in [0.25, 0.3) is 5.92 Å². The first-order valence-electron chi connectivity index (χ1n) is 6.35. The molecule has 1 aromatic rings. The van der Waals surface area contributed by atoms with E-state index in [1.54, 1.807) is 30.3 Å². The maximum absolute atomic E-state index is 14.4. The number of hydrogen-bond acceptors (Lipinski definition) is 1. The molecule has 17 heavy (non-hydrogen) atoms. The van der Waals surface area contributed by atoms with Gasteiger partial charge in [-0.1, -0.05) is 30.3 Å². The second kappa shape index (κ2) is 4.05. The summed E-state index contributed by atoms with van der Waals surface area (Å²) in [5.41, 5.74) is 0.173. The van der Waals surface area contributed by atoms with Crippen LogP contribution in [-0.4, -0.2) is 12.1 Å². The molecular formula is C14H17F2N. The highest BCUT2D eigenvalue weighted by Crippen LogP contribution is 2.45. The zero-order valence-electron chi connectivity index (χ0n) is 9.70. The number of nitrogens with one attached hydrogen (secondary N) is 1. The third-order valence-corrected chi connectivity index (χ3v) is 4.14. The molecule has 1 N–H and O–H groups in total. The molecule has 92 valence electrons. The van der Waals surface area contributed by atoms with Crippen molar-refractivity contribution < 1.29 is 8.78 Å². The van der Waals surface area contributed by atoms with Gasteiger partial charge in [0.1, 0.15) is 0 Å². The van der Waals surface area contributed by atoms with Crippen molar-refractivity contribution in [3.63, 3.8) is 0 Å². The second-order valence-corrected chi connectivity index (χ2v) is 5.30. The van der Waals surface area contributed by atoms with Gasteiger partial charge in [0.05, 0.1) is 0 Å². The molecule has 1 aromatic carbocycles. The number of halogens is 2. The van der Waals surface area contributed by atoms with Crippen LogP contribution in [0.3, 0.4) is 0 Å². The first kappa shape index (κ1) is 11.1. The van der Waals surface area contributed by atoms with E-state index in [2.05, 4.69) is 5.32 Å². The van der Waals surface area contributed by atoms with Gasteiger partial charge in [-0.15, -0.1) is 0 Å². The van der Waals surface area contributed by atoms with Gasteiger partial charge in [0.2, 0.25) is 0 Å². The first-order valence-corrected chi connectivity index (χ1v) is 6.35. The Morgan fingerprint density at radius 3 is 2.18 bits per heavy atom. The lowest BCUT2D eigenvalue weighted by Gasteiger charge is -2.34. The van der Waals surface area contributed by atoms with Crippen LogP contribution >= 0.6 is 0 Å². The van der Waals surface area contributed by atoms with Gasteiger partial charge < -0.3 is 5.32 Å². The summed E-state index contributed by atoms with van der Waals surface area (Å²) in [7, 11) is 0. The van der Waals surface area contributed by atoms with E-state index in [0.717, 1.165) is 12.8 Å². The number of alkyl halides is 2.